The third kappa shape index (κ3) is 8.37. The van der Waals surface area contributed by atoms with Gasteiger partial charge < -0.3 is 13.3 Å². The quantitative estimate of drug-likeness (QED) is 0.381. The maximum absolute atomic E-state index is 6.20. The van der Waals surface area contributed by atoms with Gasteiger partial charge in [0.1, 0.15) is 6.23 Å². The van der Waals surface area contributed by atoms with E-state index in [0.717, 1.165) is 13.1 Å². The fraction of sp³-hybridized carbons (Fsp3) is 1.00. The van der Waals surface area contributed by atoms with Crippen molar-refractivity contribution in [1.29, 1.82) is 0 Å². The molecule has 0 amide bonds. The molecule has 0 saturated carbocycles. The van der Waals surface area contributed by atoms with Crippen LogP contribution in [-0.2, 0) is 13.3 Å². The molecule has 0 fully saturated rings. The Morgan fingerprint density at radius 1 is 0.900 bits per heavy atom. The Morgan fingerprint density at radius 3 is 1.70 bits per heavy atom. The van der Waals surface area contributed by atoms with Crippen LogP contribution in [0.25, 0.3) is 0 Å². The molecule has 0 aliphatic heterocycles. The van der Waals surface area contributed by atoms with E-state index >= 15 is 0 Å². The van der Waals surface area contributed by atoms with Crippen LogP contribution in [-0.4, -0.2) is 46.2 Å². The lowest BCUT2D eigenvalue weighted by Crippen LogP contribution is -2.50. The van der Waals surface area contributed by atoms with Crippen molar-refractivity contribution in [2.75, 3.05) is 26.3 Å². The first-order valence-corrected chi connectivity index (χ1v) is 10.4. The minimum absolute atomic E-state index is 0.0582. The maximum Gasteiger partial charge on any atom is 0.498 e. The van der Waals surface area contributed by atoms with Crippen molar-refractivity contribution in [2.24, 2.45) is 0 Å². The molecule has 0 bridgehead atoms. The van der Waals surface area contributed by atoms with Gasteiger partial charge in [-0.3, -0.25) is 4.90 Å². The Morgan fingerprint density at radius 2 is 1.35 bits per heavy atom. The van der Waals surface area contributed by atoms with Gasteiger partial charge in [0.15, 0.2) is 0 Å². The lowest BCUT2D eigenvalue weighted by atomic mass is 10.2. The van der Waals surface area contributed by atoms with E-state index in [1.54, 1.807) is 0 Å². The van der Waals surface area contributed by atoms with Crippen LogP contribution in [0.2, 0.25) is 6.55 Å². The Hall–Kier alpha value is 0.0569. The summed E-state index contributed by atoms with van der Waals surface area (Å²) in [4.78, 5) is 2.41. The fourth-order valence-corrected chi connectivity index (χ4v) is 4.25. The average Bonchev–Trinajstić information content (AvgIpc) is 2.39. The molecule has 5 heteroatoms. The first-order valence-electron chi connectivity index (χ1n) is 8.22. The van der Waals surface area contributed by atoms with Crippen molar-refractivity contribution >= 4 is 8.80 Å². The number of hydrogen-bond acceptors (Lipinski definition) is 4. The Balaban J connectivity index is 4.54. The molecule has 0 heterocycles. The highest BCUT2D eigenvalue weighted by Crippen LogP contribution is 2.16. The van der Waals surface area contributed by atoms with Crippen molar-refractivity contribution in [3.8, 4) is 0 Å². The molecule has 4 nitrogen and oxygen atoms in total. The first-order chi connectivity index (χ1) is 9.52. The molecule has 0 N–H and O–H groups in total. The number of rotatable bonds is 13. The third-order valence-electron chi connectivity index (χ3n) is 3.31. The summed E-state index contributed by atoms with van der Waals surface area (Å²) in [5.74, 6) is 0. The fourth-order valence-electron chi connectivity index (χ4n) is 2.22. The SMILES string of the molecule is CCCCN(CCCC)C(C)O[Si](C)(OCC)OCC. The molecule has 0 aromatic rings. The minimum Gasteiger partial charge on any atom is -0.374 e. The highest BCUT2D eigenvalue weighted by Gasteiger charge is 2.37. The molecular weight excluding hydrogens is 270 g/mol. The van der Waals surface area contributed by atoms with Crippen LogP contribution in [0.5, 0.6) is 0 Å². The van der Waals surface area contributed by atoms with Crippen LogP contribution in [0, 0.1) is 0 Å². The number of nitrogens with zero attached hydrogens (tertiary/aromatic N) is 1. The topological polar surface area (TPSA) is 30.9 Å². The van der Waals surface area contributed by atoms with E-state index in [4.69, 9.17) is 13.3 Å². The average molecular weight is 306 g/mol. The number of hydrogen-bond donors (Lipinski definition) is 0. The van der Waals surface area contributed by atoms with E-state index in [1.807, 2.05) is 20.4 Å². The van der Waals surface area contributed by atoms with Gasteiger partial charge in [-0.1, -0.05) is 26.7 Å². The molecule has 1 atom stereocenters. The zero-order valence-electron chi connectivity index (χ0n) is 14.4. The molecule has 0 aromatic heterocycles. The van der Waals surface area contributed by atoms with Gasteiger partial charge >= 0.3 is 8.80 Å². The van der Waals surface area contributed by atoms with Crippen LogP contribution >= 0.6 is 0 Å². The van der Waals surface area contributed by atoms with E-state index in [1.165, 1.54) is 25.7 Å². The maximum atomic E-state index is 6.20. The summed E-state index contributed by atoms with van der Waals surface area (Å²) in [7, 11) is -2.50. The molecule has 0 aliphatic carbocycles. The van der Waals surface area contributed by atoms with Gasteiger partial charge in [0.25, 0.3) is 0 Å². The smallest absolute Gasteiger partial charge is 0.374 e. The molecular formula is C15H35NO3Si. The zero-order chi connectivity index (χ0) is 15.4. The van der Waals surface area contributed by atoms with Crippen molar-refractivity contribution in [1.82, 2.24) is 4.90 Å². The molecule has 0 aromatic carbocycles. The summed E-state index contributed by atoms with van der Waals surface area (Å²) < 4.78 is 17.7. The largest absolute Gasteiger partial charge is 0.498 e. The van der Waals surface area contributed by atoms with Crippen LogP contribution < -0.4 is 0 Å². The predicted molar refractivity (Wildman–Crippen MR) is 86.8 cm³/mol. The molecule has 20 heavy (non-hydrogen) atoms. The zero-order valence-corrected chi connectivity index (χ0v) is 15.4. The van der Waals surface area contributed by atoms with Crippen LogP contribution in [0.15, 0.2) is 0 Å². The standard InChI is InChI=1S/C15H35NO3Si/c1-7-11-13-16(14-12-8-2)15(5)19-20(6,17-9-3)18-10-4/h15H,7-14H2,1-6H3. The highest BCUT2D eigenvalue weighted by molar-refractivity contribution is 6.59. The van der Waals surface area contributed by atoms with Crippen molar-refractivity contribution in [3.63, 3.8) is 0 Å². The Kier molecular flexibility index (Phi) is 11.7. The first kappa shape index (κ1) is 20.1. The monoisotopic (exact) mass is 305 g/mol. The minimum atomic E-state index is -2.50. The van der Waals surface area contributed by atoms with Gasteiger partial charge in [-0.2, -0.15) is 0 Å². The molecule has 0 saturated heterocycles. The second kappa shape index (κ2) is 11.7. The van der Waals surface area contributed by atoms with Crippen molar-refractivity contribution in [3.05, 3.63) is 0 Å². The highest BCUT2D eigenvalue weighted by atomic mass is 28.4. The lowest BCUT2D eigenvalue weighted by molar-refractivity contribution is -0.0316. The van der Waals surface area contributed by atoms with Gasteiger partial charge in [0.2, 0.25) is 0 Å². The molecule has 0 radical (unpaired) electrons. The van der Waals surface area contributed by atoms with Gasteiger partial charge in [-0.25, -0.2) is 0 Å². The van der Waals surface area contributed by atoms with E-state index in [2.05, 4.69) is 25.7 Å². The van der Waals surface area contributed by atoms with Gasteiger partial charge in [0, 0.05) is 32.9 Å². The van der Waals surface area contributed by atoms with E-state index in [9.17, 15) is 0 Å². The second-order valence-corrected chi connectivity index (χ2v) is 7.73. The number of unbranched alkanes of at least 4 members (excludes halogenated alkanes) is 2. The van der Waals surface area contributed by atoms with E-state index in [-0.39, 0.29) is 6.23 Å². The molecule has 0 rings (SSSR count). The summed E-state index contributed by atoms with van der Waals surface area (Å²) in [5, 5.41) is 0. The summed E-state index contributed by atoms with van der Waals surface area (Å²) >= 11 is 0. The van der Waals surface area contributed by atoms with Crippen LogP contribution in [0.4, 0.5) is 0 Å². The van der Waals surface area contributed by atoms with Gasteiger partial charge in [0.05, 0.1) is 0 Å². The molecule has 1 unspecified atom stereocenters. The van der Waals surface area contributed by atoms with Gasteiger partial charge in [-0.05, 0) is 33.6 Å². The lowest BCUT2D eigenvalue weighted by Gasteiger charge is -2.35. The van der Waals surface area contributed by atoms with Crippen LogP contribution in [0.3, 0.4) is 0 Å². The third-order valence-corrected chi connectivity index (χ3v) is 5.71. The summed E-state index contributed by atoms with van der Waals surface area (Å²) in [6.45, 7) is 16.0. The van der Waals surface area contributed by atoms with Crippen LogP contribution in [0.1, 0.15) is 60.3 Å². The summed E-state index contributed by atoms with van der Waals surface area (Å²) in [5.41, 5.74) is 0. The Labute approximate surface area is 127 Å². The van der Waals surface area contributed by atoms with E-state index in [0.29, 0.717) is 13.2 Å². The summed E-state index contributed by atoms with van der Waals surface area (Å²) in [6.07, 6.45) is 4.89. The van der Waals surface area contributed by atoms with Crippen molar-refractivity contribution in [2.45, 2.75) is 73.1 Å². The summed E-state index contributed by atoms with van der Waals surface area (Å²) in [6, 6.07) is 0. The second-order valence-electron chi connectivity index (χ2n) is 5.19. The molecule has 0 spiro atoms. The predicted octanol–water partition coefficient (Wildman–Crippen LogP) is 3.89. The van der Waals surface area contributed by atoms with Crippen molar-refractivity contribution < 1.29 is 13.3 Å². The molecule has 0 aliphatic rings. The van der Waals surface area contributed by atoms with Gasteiger partial charge in [-0.15, -0.1) is 0 Å². The normalized spacial score (nSPS) is 13.9. The van der Waals surface area contributed by atoms with E-state index < -0.39 is 8.80 Å². The molecule has 122 valence electrons. The Bertz CT molecular complexity index is 215.